The van der Waals surface area contributed by atoms with Crippen LogP contribution in [0.15, 0.2) is 83.8 Å². The summed E-state index contributed by atoms with van der Waals surface area (Å²) >= 11 is 1.54. The number of carbonyl (C=O) groups excluding carboxylic acids is 2. The minimum atomic E-state index is -0.606. The predicted octanol–water partition coefficient (Wildman–Crippen LogP) is 4.67. The number of carbonyl (C=O) groups is 2. The van der Waals surface area contributed by atoms with Crippen LogP contribution in [-0.2, 0) is 11.3 Å². The highest BCUT2D eigenvalue weighted by atomic mass is 32.1. The van der Waals surface area contributed by atoms with E-state index in [4.69, 9.17) is 9.47 Å². The lowest BCUT2D eigenvalue weighted by Crippen LogP contribution is -2.47. The summed E-state index contributed by atoms with van der Waals surface area (Å²) in [6.07, 6.45) is 3.40. The number of aromatic nitrogens is 1. The molecule has 0 saturated heterocycles. The molecule has 7 nitrogen and oxygen atoms in total. The number of hydrogen-bond acceptors (Lipinski definition) is 6. The van der Waals surface area contributed by atoms with Crippen LogP contribution in [0.2, 0.25) is 0 Å². The molecule has 2 aliphatic heterocycles. The molecule has 174 valence electrons. The van der Waals surface area contributed by atoms with Crippen molar-refractivity contribution in [3.05, 3.63) is 106 Å². The van der Waals surface area contributed by atoms with E-state index in [1.807, 2.05) is 53.2 Å². The number of amides is 2. The minimum absolute atomic E-state index is 0.142. The Bertz CT molecular complexity index is 1390. The van der Waals surface area contributed by atoms with Crippen molar-refractivity contribution in [1.82, 2.24) is 10.3 Å². The largest absolute Gasteiger partial charge is 0.454 e. The van der Waals surface area contributed by atoms with Crippen molar-refractivity contribution in [3.63, 3.8) is 0 Å². The molecular weight excluding hydrogens is 462 g/mol. The molecular formula is C27H21N3O4S. The van der Waals surface area contributed by atoms with Gasteiger partial charge in [-0.1, -0.05) is 18.2 Å². The van der Waals surface area contributed by atoms with E-state index in [9.17, 15) is 9.59 Å². The molecule has 0 saturated carbocycles. The zero-order chi connectivity index (χ0) is 23.8. The number of nitrogens with one attached hydrogen (secondary N) is 1. The van der Waals surface area contributed by atoms with Gasteiger partial charge in [0.25, 0.3) is 5.91 Å². The first-order chi connectivity index (χ1) is 17.2. The van der Waals surface area contributed by atoms with Gasteiger partial charge in [-0.25, -0.2) is 0 Å². The van der Waals surface area contributed by atoms with Crippen molar-refractivity contribution in [2.75, 3.05) is 11.7 Å². The molecule has 0 radical (unpaired) electrons. The van der Waals surface area contributed by atoms with Gasteiger partial charge in [-0.3, -0.25) is 19.5 Å². The van der Waals surface area contributed by atoms with Gasteiger partial charge in [0.2, 0.25) is 12.7 Å². The van der Waals surface area contributed by atoms with Crippen molar-refractivity contribution in [2.45, 2.75) is 18.5 Å². The number of pyridine rings is 1. The lowest BCUT2D eigenvalue weighted by atomic mass is 9.79. The summed E-state index contributed by atoms with van der Waals surface area (Å²) < 4.78 is 11.0. The van der Waals surface area contributed by atoms with Crippen molar-refractivity contribution in [2.24, 2.45) is 0 Å². The highest BCUT2D eigenvalue weighted by Crippen LogP contribution is 2.47. The van der Waals surface area contributed by atoms with Crippen molar-refractivity contribution in [1.29, 1.82) is 0 Å². The van der Waals surface area contributed by atoms with Gasteiger partial charge in [0.05, 0.1) is 12.0 Å². The van der Waals surface area contributed by atoms with Gasteiger partial charge in [0, 0.05) is 36.3 Å². The van der Waals surface area contributed by atoms with Crippen LogP contribution >= 0.6 is 11.3 Å². The van der Waals surface area contributed by atoms with Crippen LogP contribution in [0.25, 0.3) is 0 Å². The second-order valence-electron chi connectivity index (χ2n) is 8.35. The smallest absolute Gasteiger partial charge is 0.259 e. The first-order valence-corrected chi connectivity index (χ1v) is 12.2. The molecule has 0 unspecified atom stereocenters. The zero-order valence-electron chi connectivity index (χ0n) is 18.6. The summed E-state index contributed by atoms with van der Waals surface area (Å²) in [5.74, 6) is 0.303. The number of fused-ring (bicyclic) bond motifs is 2. The van der Waals surface area contributed by atoms with E-state index in [1.165, 1.54) is 11.3 Å². The van der Waals surface area contributed by atoms with Crippen molar-refractivity contribution in [3.8, 4) is 11.5 Å². The number of hydrogen-bond donors (Lipinski definition) is 1. The number of nitrogens with zero attached hydrogens (tertiary/aromatic N) is 2. The molecule has 0 bridgehead atoms. The molecule has 4 aromatic rings. The standard InChI is InChI=1S/C27H21N3O4S/c31-26(29-14-17-7-10-28-11-8-17)24-20-3-1-2-4-21(20)27(32)30(25(24)18-9-12-35-15-18)19-5-6-22-23(13-19)34-16-33-22/h1-13,15,24-25H,14,16H2,(H,29,31)/t24-,25+/m1/s1. The quantitative estimate of drug-likeness (QED) is 0.446. The molecule has 0 spiro atoms. The molecule has 6 rings (SSSR count). The molecule has 0 fully saturated rings. The highest BCUT2D eigenvalue weighted by Gasteiger charge is 2.45. The van der Waals surface area contributed by atoms with Crippen LogP contribution in [0.3, 0.4) is 0 Å². The maximum absolute atomic E-state index is 13.9. The van der Waals surface area contributed by atoms with Crippen LogP contribution in [-0.4, -0.2) is 23.6 Å². The zero-order valence-corrected chi connectivity index (χ0v) is 19.4. The topological polar surface area (TPSA) is 80.8 Å². The fraction of sp³-hybridized carbons (Fsp3) is 0.148. The molecule has 2 amide bonds. The number of benzene rings is 2. The van der Waals surface area contributed by atoms with E-state index in [1.54, 1.807) is 35.5 Å². The molecule has 1 N–H and O–H groups in total. The van der Waals surface area contributed by atoms with E-state index >= 15 is 0 Å². The van der Waals surface area contributed by atoms with Gasteiger partial charge in [-0.15, -0.1) is 0 Å². The molecule has 4 heterocycles. The number of anilines is 1. The average molecular weight is 484 g/mol. The van der Waals surface area contributed by atoms with Gasteiger partial charge in [0.15, 0.2) is 11.5 Å². The van der Waals surface area contributed by atoms with Gasteiger partial charge in [0.1, 0.15) is 0 Å². The molecule has 2 aromatic carbocycles. The van der Waals surface area contributed by atoms with Gasteiger partial charge >= 0.3 is 0 Å². The predicted molar refractivity (Wildman–Crippen MR) is 132 cm³/mol. The van der Waals surface area contributed by atoms with E-state index in [-0.39, 0.29) is 18.6 Å². The maximum Gasteiger partial charge on any atom is 0.259 e. The Morgan fingerprint density at radius 2 is 1.89 bits per heavy atom. The van der Waals surface area contributed by atoms with E-state index < -0.39 is 12.0 Å². The monoisotopic (exact) mass is 483 g/mol. The molecule has 2 aromatic heterocycles. The fourth-order valence-corrected chi connectivity index (χ4v) is 5.41. The van der Waals surface area contributed by atoms with Crippen LogP contribution in [0.1, 0.15) is 39.0 Å². The summed E-state index contributed by atoms with van der Waals surface area (Å²) in [6, 6.07) is 18.0. The summed E-state index contributed by atoms with van der Waals surface area (Å²) in [7, 11) is 0. The summed E-state index contributed by atoms with van der Waals surface area (Å²) in [6.45, 7) is 0.512. The van der Waals surface area contributed by atoms with Crippen LogP contribution < -0.4 is 19.7 Å². The Balaban J connectivity index is 1.46. The van der Waals surface area contributed by atoms with Crippen LogP contribution in [0.4, 0.5) is 5.69 Å². The Labute approximate surface area is 206 Å². The first-order valence-electron chi connectivity index (χ1n) is 11.2. The van der Waals surface area contributed by atoms with Gasteiger partial charge in [-0.05, 0) is 63.8 Å². The summed E-state index contributed by atoms with van der Waals surface area (Å²) in [5.41, 5.74) is 3.74. The molecule has 8 heteroatoms. The number of thiophene rings is 1. The minimum Gasteiger partial charge on any atom is -0.454 e. The van der Waals surface area contributed by atoms with Crippen LogP contribution in [0.5, 0.6) is 11.5 Å². The second kappa shape index (κ2) is 8.88. The first kappa shape index (κ1) is 21.4. The van der Waals surface area contributed by atoms with Crippen LogP contribution in [0, 0.1) is 0 Å². The third-order valence-corrected chi connectivity index (χ3v) is 7.06. The SMILES string of the molecule is O=C(NCc1ccncc1)[C@@H]1c2ccccc2C(=O)N(c2ccc3c(c2)OCO3)[C@H]1c1ccsc1. The molecule has 2 aliphatic rings. The fourth-order valence-electron chi connectivity index (χ4n) is 4.72. The average Bonchev–Trinajstić information content (AvgIpc) is 3.60. The van der Waals surface area contributed by atoms with Gasteiger partial charge < -0.3 is 14.8 Å². The van der Waals surface area contributed by atoms with Gasteiger partial charge in [-0.2, -0.15) is 11.3 Å². The Hall–Kier alpha value is -4.17. The second-order valence-corrected chi connectivity index (χ2v) is 9.13. The molecule has 35 heavy (non-hydrogen) atoms. The third-order valence-electron chi connectivity index (χ3n) is 6.36. The van der Waals surface area contributed by atoms with Crippen molar-refractivity contribution < 1.29 is 19.1 Å². The van der Waals surface area contributed by atoms with E-state index in [0.29, 0.717) is 29.3 Å². The van der Waals surface area contributed by atoms with E-state index in [0.717, 1.165) is 16.7 Å². The number of ether oxygens (including phenoxy) is 2. The Morgan fingerprint density at radius 3 is 2.71 bits per heavy atom. The molecule has 0 aliphatic carbocycles. The highest BCUT2D eigenvalue weighted by molar-refractivity contribution is 7.08. The van der Waals surface area contributed by atoms with Crippen molar-refractivity contribution >= 4 is 28.8 Å². The third kappa shape index (κ3) is 3.81. The lowest BCUT2D eigenvalue weighted by molar-refractivity contribution is -0.123. The van der Waals surface area contributed by atoms with E-state index in [2.05, 4.69) is 10.3 Å². The normalized spacial score (nSPS) is 18.3. The number of rotatable bonds is 5. The maximum atomic E-state index is 13.9. The Morgan fingerprint density at radius 1 is 1.06 bits per heavy atom. The molecule has 2 atom stereocenters. The summed E-state index contributed by atoms with van der Waals surface area (Å²) in [5, 5.41) is 7.04. The lowest BCUT2D eigenvalue weighted by Gasteiger charge is -2.41. The Kier molecular flexibility index (Phi) is 5.42. The summed E-state index contributed by atoms with van der Waals surface area (Å²) in [4.78, 5) is 33.4.